The van der Waals surface area contributed by atoms with Crippen molar-refractivity contribution < 1.29 is 32.9 Å². The Hall–Kier alpha value is -4.80. The third-order valence-electron chi connectivity index (χ3n) is 11.8. The highest BCUT2D eigenvalue weighted by atomic mass is 19.1. The molecule has 2 atom stereocenters. The average Bonchev–Trinajstić information content (AvgIpc) is 3.40. The fourth-order valence-electron chi connectivity index (χ4n) is 9.18. The van der Waals surface area contributed by atoms with Gasteiger partial charge in [-0.1, -0.05) is 18.4 Å². The Morgan fingerprint density at radius 2 is 1.96 bits per heavy atom. The summed E-state index contributed by atoms with van der Waals surface area (Å²) in [6.45, 7) is 8.42. The predicted molar refractivity (Wildman–Crippen MR) is 201 cm³/mol. The number of benzene rings is 2. The molecule has 0 unspecified atom stereocenters. The molecule has 4 aromatic rings. The van der Waals surface area contributed by atoms with Crippen LogP contribution >= 0.6 is 0 Å². The Labute approximate surface area is 313 Å². The summed E-state index contributed by atoms with van der Waals surface area (Å²) in [5.41, 5.74) is -0.0629. The van der Waals surface area contributed by atoms with Gasteiger partial charge in [0, 0.05) is 61.4 Å². The molecular formula is C41H46F2N6O5. The first kappa shape index (κ1) is 36.2. The highest BCUT2D eigenvalue weighted by molar-refractivity contribution is 6.03. The number of phenols is 1. The number of halogens is 2. The van der Waals surface area contributed by atoms with Gasteiger partial charge in [-0.2, -0.15) is 9.97 Å². The summed E-state index contributed by atoms with van der Waals surface area (Å²) < 4.78 is 49.4. The number of aromatic hydroxyl groups is 1. The number of piperidine rings is 1. The van der Waals surface area contributed by atoms with Gasteiger partial charge < -0.3 is 29.1 Å². The van der Waals surface area contributed by atoms with Gasteiger partial charge in [-0.25, -0.2) is 13.6 Å². The van der Waals surface area contributed by atoms with E-state index >= 15 is 4.39 Å². The number of pyridine rings is 1. The third kappa shape index (κ3) is 6.75. The van der Waals surface area contributed by atoms with Crippen LogP contribution in [0.1, 0.15) is 57.4 Å². The first-order valence-corrected chi connectivity index (χ1v) is 19.2. The summed E-state index contributed by atoms with van der Waals surface area (Å²) in [4.78, 5) is 32.6. The quantitative estimate of drug-likeness (QED) is 0.190. The number of terminal acetylenes is 1. The maximum atomic E-state index is 17.0. The molecule has 0 radical (unpaired) electrons. The van der Waals surface area contributed by atoms with Gasteiger partial charge in [-0.05, 0) is 88.0 Å². The van der Waals surface area contributed by atoms with Gasteiger partial charge in [0.2, 0.25) is 0 Å². The molecule has 11 nitrogen and oxygen atoms in total. The van der Waals surface area contributed by atoms with Crippen molar-refractivity contribution in [3.05, 3.63) is 47.7 Å². The van der Waals surface area contributed by atoms with Crippen LogP contribution in [-0.4, -0.2) is 108 Å². The number of likely N-dealkylation sites (tertiary alicyclic amines) is 2. The fraction of sp³-hybridized carbons (Fsp3) is 0.512. The minimum atomic E-state index is -0.746. The molecule has 54 heavy (non-hydrogen) atoms. The molecule has 3 aliphatic heterocycles. The molecule has 13 heteroatoms. The average molecular weight is 741 g/mol. The zero-order chi connectivity index (χ0) is 37.4. The van der Waals surface area contributed by atoms with Crippen molar-refractivity contribution >= 4 is 33.6 Å². The van der Waals surface area contributed by atoms with Gasteiger partial charge in [0.15, 0.2) is 5.82 Å². The van der Waals surface area contributed by atoms with Gasteiger partial charge in [0.05, 0.1) is 30.8 Å². The van der Waals surface area contributed by atoms with Crippen LogP contribution in [0, 0.1) is 35.3 Å². The van der Waals surface area contributed by atoms with Crippen LogP contribution in [0.3, 0.4) is 0 Å². The van der Waals surface area contributed by atoms with Gasteiger partial charge in [0.25, 0.3) is 0 Å². The number of phenolic OH excluding ortho intramolecular Hbond substituents is 1. The molecule has 284 valence electrons. The minimum absolute atomic E-state index is 0.0171. The van der Waals surface area contributed by atoms with Crippen molar-refractivity contribution in [3.8, 4) is 35.4 Å². The van der Waals surface area contributed by atoms with Gasteiger partial charge in [0.1, 0.15) is 28.6 Å². The number of carbonyl (C=O) groups excluding carboxylic acids is 1. The Balaban J connectivity index is 1.10. The minimum Gasteiger partial charge on any atom is -0.508 e. The Morgan fingerprint density at radius 1 is 1.11 bits per heavy atom. The molecule has 5 heterocycles. The van der Waals surface area contributed by atoms with E-state index in [1.807, 2.05) is 6.92 Å². The zero-order valence-electron chi connectivity index (χ0n) is 30.7. The number of hydrogen-bond donors (Lipinski definition) is 1. The number of ether oxygens (including phenoxy) is 3. The smallest absolute Gasteiger partial charge is 0.409 e. The second-order valence-electron chi connectivity index (χ2n) is 15.1. The lowest BCUT2D eigenvalue weighted by Gasteiger charge is -2.47. The summed E-state index contributed by atoms with van der Waals surface area (Å²) in [5, 5.41) is 11.8. The molecule has 2 aromatic carbocycles. The van der Waals surface area contributed by atoms with E-state index in [0.29, 0.717) is 68.1 Å². The number of aromatic nitrogens is 3. The number of nitrogens with zero attached hydrogens (tertiary/aromatic N) is 6. The molecule has 1 aliphatic carbocycles. The van der Waals surface area contributed by atoms with Gasteiger partial charge in [-0.3, -0.25) is 9.88 Å². The lowest BCUT2D eigenvalue weighted by atomic mass is 9.75. The summed E-state index contributed by atoms with van der Waals surface area (Å²) in [5.74, 6) is 1.87. The first-order valence-electron chi connectivity index (χ1n) is 19.2. The fourth-order valence-corrected chi connectivity index (χ4v) is 9.18. The van der Waals surface area contributed by atoms with Crippen molar-refractivity contribution in [2.45, 2.75) is 57.9 Å². The molecule has 3 saturated heterocycles. The number of rotatable bonds is 9. The second-order valence-corrected chi connectivity index (χ2v) is 15.1. The van der Waals surface area contributed by atoms with E-state index in [2.05, 4.69) is 20.7 Å². The molecule has 1 saturated carbocycles. The molecular weight excluding hydrogens is 694 g/mol. The highest BCUT2D eigenvalue weighted by Crippen LogP contribution is 2.48. The van der Waals surface area contributed by atoms with E-state index < -0.39 is 11.6 Å². The second kappa shape index (κ2) is 15.1. The Kier molecular flexibility index (Phi) is 10.2. The topological polar surface area (TPSA) is 113 Å². The van der Waals surface area contributed by atoms with Crippen LogP contribution in [0.25, 0.3) is 32.9 Å². The third-order valence-corrected chi connectivity index (χ3v) is 11.8. The van der Waals surface area contributed by atoms with Crippen molar-refractivity contribution in [2.75, 3.05) is 70.6 Å². The van der Waals surface area contributed by atoms with Crippen molar-refractivity contribution in [2.24, 2.45) is 11.3 Å². The summed E-state index contributed by atoms with van der Waals surface area (Å²) in [6, 6.07) is 5.97. The van der Waals surface area contributed by atoms with E-state index in [9.17, 15) is 14.3 Å². The zero-order valence-corrected chi connectivity index (χ0v) is 30.7. The molecule has 0 bridgehead atoms. The normalized spacial score (nSPS) is 22.1. The van der Waals surface area contributed by atoms with Crippen LogP contribution in [0.5, 0.6) is 11.8 Å². The van der Waals surface area contributed by atoms with E-state index in [-0.39, 0.29) is 51.0 Å². The Morgan fingerprint density at radius 3 is 2.80 bits per heavy atom. The van der Waals surface area contributed by atoms with E-state index in [1.54, 1.807) is 4.90 Å². The van der Waals surface area contributed by atoms with Gasteiger partial charge in [-0.15, -0.1) is 6.42 Å². The van der Waals surface area contributed by atoms with Crippen molar-refractivity contribution in [1.29, 1.82) is 0 Å². The maximum absolute atomic E-state index is 17.0. The van der Waals surface area contributed by atoms with Crippen molar-refractivity contribution in [1.82, 2.24) is 24.8 Å². The Bertz CT molecular complexity index is 2100. The molecule has 2 aromatic heterocycles. The van der Waals surface area contributed by atoms with Crippen molar-refractivity contribution in [3.63, 3.8) is 0 Å². The van der Waals surface area contributed by atoms with E-state index in [0.717, 1.165) is 71.1 Å². The SMILES string of the molecule is C#Cc1c(F)ccc2cc(O)cc(-c3ncc4c(N5CCCOCC5)nc(OC[C@]56CCC[C@H]5N(CCC5CN(C(=O)OCC)C5)CCC6)nc4c3F)c12. The lowest BCUT2D eigenvalue weighted by Crippen LogP contribution is -2.54. The molecule has 4 aliphatic rings. The first-order chi connectivity index (χ1) is 26.3. The van der Waals surface area contributed by atoms with Crippen LogP contribution in [-0.2, 0) is 9.47 Å². The largest absolute Gasteiger partial charge is 0.508 e. The monoisotopic (exact) mass is 740 g/mol. The highest BCUT2D eigenvalue weighted by Gasteiger charge is 2.48. The standard InChI is InChI=1S/C41H46F2N6O5/c1-3-29-32(42)10-9-27-20-28(50)21-30(34(27)29)36-35(43)37-31(22-44-36)38(48-15-7-18-52-19-17-48)46-39(45-37)54-25-41-12-5-8-33(41)47(14-6-13-41)16-11-26-23-49(24-26)40(51)53-4-2/h1,9-10,20-22,26,33,50H,4-8,11-19,23-25H2,2H3/t33-,41-/m1/s1. The lowest BCUT2D eigenvalue weighted by molar-refractivity contribution is -0.00865. The van der Waals surface area contributed by atoms with E-state index in [4.69, 9.17) is 30.6 Å². The number of carbonyl (C=O) groups is 1. The number of amides is 1. The van der Waals surface area contributed by atoms with Gasteiger partial charge >= 0.3 is 12.1 Å². The number of fused-ring (bicyclic) bond motifs is 3. The summed E-state index contributed by atoms with van der Waals surface area (Å²) in [7, 11) is 0. The maximum Gasteiger partial charge on any atom is 0.409 e. The number of hydrogen-bond acceptors (Lipinski definition) is 10. The summed E-state index contributed by atoms with van der Waals surface area (Å²) in [6.07, 6.45) is 14.1. The van der Waals surface area contributed by atoms with Crippen LogP contribution in [0.2, 0.25) is 0 Å². The van der Waals surface area contributed by atoms with Crippen LogP contribution < -0.4 is 9.64 Å². The molecule has 1 N–H and O–H groups in total. The molecule has 4 fully saturated rings. The van der Waals surface area contributed by atoms with Crippen LogP contribution in [0.15, 0.2) is 30.5 Å². The predicted octanol–water partition coefficient (Wildman–Crippen LogP) is 6.53. The number of anilines is 1. The molecule has 8 rings (SSSR count). The molecule has 0 spiro atoms. The summed E-state index contributed by atoms with van der Waals surface area (Å²) >= 11 is 0. The molecule has 1 amide bonds. The van der Waals surface area contributed by atoms with Crippen LogP contribution in [0.4, 0.5) is 19.4 Å². The van der Waals surface area contributed by atoms with E-state index in [1.165, 1.54) is 30.5 Å².